The first-order chi connectivity index (χ1) is 9.96. The van der Waals surface area contributed by atoms with E-state index in [0.717, 1.165) is 44.4 Å². The predicted molar refractivity (Wildman–Crippen MR) is 76.3 cm³/mol. The molecule has 5 nitrogen and oxygen atoms in total. The molecule has 1 aromatic carbocycles. The predicted octanol–water partition coefficient (Wildman–Crippen LogP) is 0.289. The van der Waals surface area contributed by atoms with E-state index in [1.54, 1.807) is 0 Å². The van der Waals surface area contributed by atoms with Crippen LogP contribution in [0.3, 0.4) is 0 Å². The first-order valence-electron chi connectivity index (χ1n) is 6.81. The molecule has 0 atom stereocenters. The highest BCUT2D eigenvalue weighted by Crippen LogP contribution is 2.09. The van der Waals surface area contributed by atoms with Crippen molar-refractivity contribution in [2.75, 3.05) is 38.5 Å². The van der Waals surface area contributed by atoms with Crippen LogP contribution in [0.1, 0.15) is 5.56 Å². The van der Waals surface area contributed by atoms with E-state index in [9.17, 15) is 17.2 Å². The first kappa shape index (κ1) is 16.3. The number of hydrogen-bond acceptors (Lipinski definition) is 4. The van der Waals surface area contributed by atoms with Crippen LogP contribution in [0.5, 0.6) is 0 Å². The number of hydrogen-bond donors (Lipinski definition) is 2. The Hall–Kier alpha value is -1.09. The van der Waals surface area contributed by atoms with Crippen LogP contribution in [0.2, 0.25) is 0 Å². The van der Waals surface area contributed by atoms with Crippen LogP contribution in [0.15, 0.2) is 18.2 Å². The molecule has 118 valence electrons. The van der Waals surface area contributed by atoms with Gasteiger partial charge < -0.3 is 5.32 Å². The van der Waals surface area contributed by atoms with Gasteiger partial charge in [0.25, 0.3) is 0 Å². The van der Waals surface area contributed by atoms with Crippen LogP contribution < -0.4 is 10.0 Å². The molecule has 0 amide bonds. The summed E-state index contributed by atoms with van der Waals surface area (Å²) in [6, 6.07) is 2.98. The van der Waals surface area contributed by atoms with E-state index in [1.165, 1.54) is 0 Å². The second kappa shape index (κ2) is 7.26. The van der Waals surface area contributed by atoms with Crippen molar-refractivity contribution in [3.63, 3.8) is 0 Å². The van der Waals surface area contributed by atoms with E-state index in [0.29, 0.717) is 6.54 Å². The lowest BCUT2D eigenvalue weighted by Gasteiger charge is -2.26. The molecule has 1 aliphatic heterocycles. The molecule has 0 aliphatic carbocycles. The maximum Gasteiger partial charge on any atom is 0.213 e. The molecule has 0 spiro atoms. The lowest BCUT2D eigenvalue weighted by molar-refractivity contribution is 0.253. The molecule has 2 N–H and O–H groups in total. The van der Waals surface area contributed by atoms with Gasteiger partial charge >= 0.3 is 0 Å². The minimum atomic E-state index is -3.51. The van der Waals surface area contributed by atoms with Gasteiger partial charge in [0, 0.05) is 44.8 Å². The molecule has 1 aliphatic rings. The first-order valence-corrected chi connectivity index (χ1v) is 8.46. The van der Waals surface area contributed by atoms with Gasteiger partial charge in [0.2, 0.25) is 10.0 Å². The fourth-order valence-corrected chi connectivity index (χ4v) is 3.14. The average molecular weight is 319 g/mol. The summed E-state index contributed by atoms with van der Waals surface area (Å²) in [5.74, 6) is -1.27. The third-order valence-corrected chi connectivity index (χ3v) is 4.68. The van der Waals surface area contributed by atoms with E-state index in [1.807, 2.05) is 0 Å². The van der Waals surface area contributed by atoms with Crippen molar-refractivity contribution in [1.82, 2.24) is 14.9 Å². The van der Waals surface area contributed by atoms with Crippen LogP contribution in [0.25, 0.3) is 0 Å². The molecule has 1 saturated heterocycles. The molecule has 0 saturated carbocycles. The standard InChI is InChI=1S/C13H19F2N3O2S/c14-12-1-2-13(15)11(9-12)10-17-21(19,20)8-7-18-5-3-16-4-6-18/h1-2,9,16-17H,3-8,10H2. The molecule has 0 aromatic heterocycles. The highest BCUT2D eigenvalue weighted by atomic mass is 32.2. The van der Waals surface area contributed by atoms with Crippen molar-refractivity contribution in [2.24, 2.45) is 0 Å². The van der Waals surface area contributed by atoms with Crippen LogP contribution in [0.4, 0.5) is 8.78 Å². The molecule has 21 heavy (non-hydrogen) atoms. The van der Waals surface area contributed by atoms with Gasteiger partial charge in [-0.2, -0.15) is 0 Å². The molecule has 8 heteroatoms. The monoisotopic (exact) mass is 319 g/mol. The molecule has 0 bridgehead atoms. The van der Waals surface area contributed by atoms with Gasteiger partial charge in [0.1, 0.15) is 11.6 Å². The third-order valence-electron chi connectivity index (χ3n) is 3.38. The molecule has 1 heterocycles. The third kappa shape index (κ3) is 5.31. The Labute approximate surface area is 123 Å². The number of halogens is 2. The molecular weight excluding hydrogens is 300 g/mol. The minimum absolute atomic E-state index is 0.000692. The van der Waals surface area contributed by atoms with Gasteiger partial charge in [-0.15, -0.1) is 0 Å². The topological polar surface area (TPSA) is 61.4 Å². The van der Waals surface area contributed by atoms with E-state index in [2.05, 4.69) is 14.9 Å². The molecule has 1 aromatic rings. The Kier molecular flexibility index (Phi) is 5.63. The summed E-state index contributed by atoms with van der Waals surface area (Å²) in [6.07, 6.45) is 0. The summed E-state index contributed by atoms with van der Waals surface area (Å²) in [5, 5.41) is 3.19. The van der Waals surface area contributed by atoms with Gasteiger partial charge in [0.15, 0.2) is 0 Å². The highest BCUT2D eigenvalue weighted by molar-refractivity contribution is 7.89. The Morgan fingerprint density at radius 2 is 1.95 bits per heavy atom. The Balaban J connectivity index is 1.84. The zero-order chi connectivity index (χ0) is 15.3. The van der Waals surface area contributed by atoms with Gasteiger partial charge in [-0.25, -0.2) is 21.9 Å². The van der Waals surface area contributed by atoms with Crippen LogP contribution in [-0.4, -0.2) is 51.8 Å². The van der Waals surface area contributed by atoms with Crippen molar-refractivity contribution in [2.45, 2.75) is 6.54 Å². The number of nitrogens with one attached hydrogen (secondary N) is 2. The second-order valence-corrected chi connectivity index (χ2v) is 6.89. The quantitative estimate of drug-likeness (QED) is 0.791. The van der Waals surface area contributed by atoms with Crippen molar-refractivity contribution in [3.05, 3.63) is 35.4 Å². The van der Waals surface area contributed by atoms with E-state index < -0.39 is 21.7 Å². The lowest BCUT2D eigenvalue weighted by Crippen LogP contribution is -2.45. The van der Waals surface area contributed by atoms with Crippen molar-refractivity contribution >= 4 is 10.0 Å². The smallest absolute Gasteiger partial charge is 0.213 e. The maximum atomic E-state index is 13.4. The zero-order valence-electron chi connectivity index (χ0n) is 11.6. The van der Waals surface area contributed by atoms with Crippen LogP contribution >= 0.6 is 0 Å². The number of benzene rings is 1. The lowest BCUT2D eigenvalue weighted by atomic mass is 10.2. The van der Waals surface area contributed by atoms with Gasteiger partial charge in [-0.3, -0.25) is 4.90 Å². The second-order valence-electron chi connectivity index (χ2n) is 4.97. The molecule has 0 radical (unpaired) electrons. The van der Waals surface area contributed by atoms with Gasteiger partial charge in [-0.1, -0.05) is 0 Å². The number of sulfonamides is 1. The zero-order valence-corrected chi connectivity index (χ0v) is 12.4. The Morgan fingerprint density at radius 3 is 2.67 bits per heavy atom. The highest BCUT2D eigenvalue weighted by Gasteiger charge is 2.16. The molecular formula is C13H19F2N3O2S. The van der Waals surface area contributed by atoms with E-state index in [-0.39, 0.29) is 17.9 Å². The summed E-state index contributed by atoms with van der Waals surface area (Å²) < 4.78 is 52.5. The largest absolute Gasteiger partial charge is 0.314 e. The maximum absolute atomic E-state index is 13.4. The Bertz CT molecular complexity index is 575. The summed E-state index contributed by atoms with van der Waals surface area (Å²) in [6.45, 7) is 3.52. The van der Waals surface area contributed by atoms with Crippen LogP contribution in [0, 0.1) is 11.6 Å². The van der Waals surface area contributed by atoms with Crippen molar-refractivity contribution in [3.8, 4) is 0 Å². The van der Waals surface area contributed by atoms with Gasteiger partial charge in [-0.05, 0) is 18.2 Å². The number of rotatable bonds is 6. The normalized spacial score (nSPS) is 17.0. The summed E-state index contributed by atoms with van der Waals surface area (Å²) in [4.78, 5) is 2.05. The number of nitrogens with zero attached hydrogens (tertiary/aromatic N) is 1. The Morgan fingerprint density at radius 1 is 1.24 bits per heavy atom. The summed E-state index contributed by atoms with van der Waals surface area (Å²) in [5.41, 5.74) is 0.000692. The van der Waals surface area contributed by atoms with Crippen LogP contribution in [-0.2, 0) is 16.6 Å². The summed E-state index contributed by atoms with van der Waals surface area (Å²) >= 11 is 0. The fourth-order valence-electron chi connectivity index (χ4n) is 2.12. The molecule has 2 rings (SSSR count). The van der Waals surface area contributed by atoms with Gasteiger partial charge in [0.05, 0.1) is 5.75 Å². The SMILES string of the molecule is O=S(=O)(CCN1CCNCC1)NCc1cc(F)ccc1F. The van der Waals surface area contributed by atoms with E-state index >= 15 is 0 Å². The van der Waals surface area contributed by atoms with Crippen molar-refractivity contribution < 1.29 is 17.2 Å². The molecule has 1 fully saturated rings. The minimum Gasteiger partial charge on any atom is -0.314 e. The molecule has 0 unspecified atom stereocenters. The fraction of sp³-hybridized carbons (Fsp3) is 0.538. The number of piperazine rings is 1. The van der Waals surface area contributed by atoms with Crippen molar-refractivity contribution in [1.29, 1.82) is 0 Å². The summed E-state index contributed by atoms with van der Waals surface area (Å²) in [7, 11) is -3.51. The average Bonchev–Trinajstić information content (AvgIpc) is 2.47. The van der Waals surface area contributed by atoms with E-state index in [4.69, 9.17) is 0 Å².